The van der Waals surface area contributed by atoms with Crippen LogP contribution >= 0.6 is 0 Å². The highest BCUT2D eigenvalue weighted by molar-refractivity contribution is 5.97. The number of carbonyl (C=O) groups is 2. The van der Waals surface area contributed by atoms with Crippen LogP contribution in [0.4, 0.5) is 0 Å². The maximum Gasteiger partial charge on any atom is 0.252 e. The highest BCUT2D eigenvalue weighted by Crippen LogP contribution is 2.14. The topological polar surface area (TPSA) is 75.0 Å². The lowest BCUT2D eigenvalue weighted by Gasteiger charge is -2.05. The van der Waals surface area contributed by atoms with E-state index in [0.717, 1.165) is 17.5 Å². The standard InChI is InChI=1S/C16H18N4O2/c1-11-4-3-7-20-10-13(8-14(11)20)15(21)17-6-2-5-12-9-18-19-16(12)22/h3-4,7-10,12H,2,5-6H2,1H3,(H,17,21)(H,19,22). The van der Waals surface area contributed by atoms with E-state index in [4.69, 9.17) is 0 Å². The van der Waals surface area contributed by atoms with Crippen LogP contribution in [-0.4, -0.2) is 29.0 Å². The first kappa shape index (κ1) is 14.3. The molecule has 2 aromatic rings. The van der Waals surface area contributed by atoms with Gasteiger partial charge < -0.3 is 9.72 Å². The molecule has 3 heterocycles. The van der Waals surface area contributed by atoms with Crippen LogP contribution in [0.3, 0.4) is 0 Å². The number of nitrogens with zero attached hydrogens (tertiary/aromatic N) is 2. The number of hydrogen-bond acceptors (Lipinski definition) is 3. The number of amides is 2. The number of fused-ring (bicyclic) bond motifs is 1. The third kappa shape index (κ3) is 2.86. The van der Waals surface area contributed by atoms with Crippen LogP contribution in [0.2, 0.25) is 0 Å². The number of aromatic nitrogens is 1. The Kier molecular flexibility index (Phi) is 3.91. The number of carbonyl (C=O) groups excluding carboxylic acids is 2. The molecule has 6 heteroatoms. The molecule has 3 rings (SSSR count). The number of hydrogen-bond donors (Lipinski definition) is 2. The molecule has 22 heavy (non-hydrogen) atoms. The van der Waals surface area contributed by atoms with Crippen LogP contribution in [-0.2, 0) is 4.79 Å². The van der Waals surface area contributed by atoms with Crippen molar-refractivity contribution in [3.8, 4) is 0 Å². The minimum atomic E-state index is -0.170. The molecule has 0 aliphatic carbocycles. The molecule has 2 amide bonds. The molecule has 0 aromatic carbocycles. The Morgan fingerprint density at radius 1 is 1.50 bits per heavy atom. The van der Waals surface area contributed by atoms with Gasteiger partial charge in [0.15, 0.2) is 0 Å². The van der Waals surface area contributed by atoms with Gasteiger partial charge in [0, 0.05) is 30.7 Å². The first-order chi connectivity index (χ1) is 10.6. The minimum Gasteiger partial charge on any atom is -0.352 e. The molecule has 0 saturated heterocycles. The van der Waals surface area contributed by atoms with E-state index < -0.39 is 0 Å². The summed E-state index contributed by atoms with van der Waals surface area (Å²) in [6.07, 6.45) is 6.80. The van der Waals surface area contributed by atoms with Gasteiger partial charge in [-0.3, -0.25) is 9.59 Å². The van der Waals surface area contributed by atoms with Gasteiger partial charge >= 0.3 is 0 Å². The van der Waals surface area contributed by atoms with E-state index in [1.807, 2.05) is 41.9 Å². The number of rotatable bonds is 5. The second-order valence-corrected chi connectivity index (χ2v) is 5.47. The maximum absolute atomic E-state index is 12.2. The monoisotopic (exact) mass is 298 g/mol. The summed E-state index contributed by atoms with van der Waals surface area (Å²) in [5.41, 5.74) is 5.22. The fraction of sp³-hybridized carbons (Fsp3) is 0.312. The molecule has 2 N–H and O–H groups in total. The van der Waals surface area contributed by atoms with Gasteiger partial charge in [0.05, 0.1) is 11.5 Å². The zero-order valence-electron chi connectivity index (χ0n) is 12.4. The van der Waals surface area contributed by atoms with Crippen molar-refractivity contribution in [1.29, 1.82) is 0 Å². The maximum atomic E-state index is 12.2. The minimum absolute atomic E-state index is 0.0690. The summed E-state index contributed by atoms with van der Waals surface area (Å²) in [4.78, 5) is 23.5. The van der Waals surface area contributed by atoms with E-state index in [0.29, 0.717) is 18.5 Å². The van der Waals surface area contributed by atoms with Crippen LogP contribution in [0, 0.1) is 12.8 Å². The third-order valence-electron chi connectivity index (χ3n) is 3.85. The summed E-state index contributed by atoms with van der Waals surface area (Å²) in [6.45, 7) is 2.56. The number of hydrazone groups is 1. The van der Waals surface area contributed by atoms with Gasteiger partial charge in [-0.1, -0.05) is 6.07 Å². The fourth-order valence-corrected chi connectivity index (χ4v) is 2.58. The molecule has 1 aliphatic rings. The van der Waals surface area contributed by atoms with Crippen LogP contribution in [0.1, 0.15) is 28.8 Å². The normalized spacial score (nSPS) is 17.0. The Balaban J connectivity index is 1.54. The predicted octanol–water partition coefficient (Wildman–Crippen LogP) is 1.49. The lowest BCUT2D eigenvalue weighted by Crippen LogP contribution is -2.26. The summed E-state index contributed by atoms with van der Waals surface area (Å²) >= 11 is 0. The summed E-state index contributed by atoms with van der Waals surface area (Å²) < 4.78 is 1.95. The first-order valence-electron chi connectivity index (χ1n) is 7.34. The largest absolute Gasteiger partial charge is 0.352 e. The van der Waals surface area contributed by atoms with Gasteiger partial charge in [0.1, 0.15) is 0 Å². The number of nitrogens with one attached hydrogen (secondary N) is 2. The van der Waals surface area contributed by atoms with Crippen LogP contribution in [0.25, 0.3) is 5.52 Å². The molecule has 6 nitrogen and oxygen atoms in total. The molecule has 2 aromatic heterocycles. The first-order valence-corrected chi connectivity index (χ1v) is 7.34. The molecule has 0 radical (unpaired) electrons. The molecular weight excluding hydrogens is 280 g/mol. The lowest BCUT2D eigenvalue weighted by molar-refractivity contribution is -0.122. The fourth-order valence-electron chi connectivity index (χ4n) is 2.58. The third-order valence-corrected chi connectivity index (χ3v) is 3.85. The zero-order chi connectivity index (χ0) is 15.5. The quantitative estimate of drug-likeness (QED) is 0.821. The number of pyridine rings is 1. The molecule has 0 fully saturated rings. The zero-order valence-corrected chi connectivity index (χ0v) is 12.4. The van der Waals surface area contributed by atoms with Gasteiger partial charge in [0.25, 0.3) is 5.91 Å². The van der Waals surface area contributed by atoms with E-state index in [-0.39, 0.29) is 17.7 Å². The highest BCUT2D eigenvalue weighted by Gasteiger charge is 2.19. The van der Waals surface area contributed by atoms with E-state index in [1.54, 1.807) is 6.21 Å². The van der Waals surface area contributed by atoms with Crippen molar-refractivity contribution in [2.45, 2.75) is 19.8 Å². The van der Waals surface area contributed by atoms with Crippen LogP contribution in [0.15, 0.2) is 35.7 Å². The van der Waals surface area contributed by atoms with Gasteiger partial charge in [-0.25, -0.2) is 5.43 Å². The second-order valence-electron chi connectivity index (χ2n) is 5.47. The second kappa shape index (κ2) is 6.01. The van der Waals surface area contributed by atoms with Crippen molar-refractivity contribution in [1.82, 2.24) is 15.1 Å². The Labute approximate surface area is 128 Å². The summed E-state index contributed by atoms with van der Waals surface area (Å²) in [5.74, 6) is -0.329. The highest BCUT2D eigenvalue weighted by atomic mass is 16.2. The van der Waals surface area contributed by atoms with Crippen molar-refractivity contribution in [3.05, 3.63) is 41.7 Å². The van der Waals surface area contributed by atoms with Gasteiger partial charge in [0.2, 0.25) is 5.91 Å². The van der Waals surface area contributed by atoms with Crippen LogP contribution < -0.4 is 10.7 Å². The smallest absolute Gasteiger partial charge is 0.252 e. The number of aryl methyl sites for hydroxylation is 1. The predicted molar refractivity (Wildman–Crippen MR) is 83.8 cm³/mol. The van der Waals surface area contributed by atoms with Crippen LogP contribution in [0.5, 0.6) is 0 Å². The SMILES string of the molecule is Cc1cccn2cc(C(=O)NCCCC3C=NNC3=O)cc12. The molecule has 114 valence electrons. The van der Waals surface area contributed by atoms with Crippen molar-refractivity contribution >= 4 is 23.5 Å². The van der Waals surface area contributed by atoms with Crippen molar-refractivity contribution in [2.75, 3.05) is 6.54 Å². The Morgan fingerprint density at radius 2 is 2.36 bits per heavy atom. The molecule has 0 bridgehead atoms. The molecular formula is C16H18N4O2. The Hall–Kier alpha value is -2.63. The Morgan fingerprint density at radius 3 is 3.09 bits per heavy atom. The molecule has 0 saturated carbocycles. The molecule has 1 unspecified atom stereocenters. The van der Waals surface area contributed by atoms with Gasteiger partial charge in [-0.2, -0.15) is 5.10 Å². The summed E-state index contributed by atoms with van der Waals surface area (Å²) in [7, 11) is 0. The summed E-state index contributed by atoms with van der Waals surface area (Å²) in [6, 6.07) is 5.87. The van der Waals surface area contributed by atoms with Gasteiger partial charge in [-0.15, -0.1) is 0 Å². The molecule has 1 atom stereocenters. The van der Waals surface area contributed by atoms with E-state index >= 15 is 0 Å². The average molecular weight is 298 g/mol. The Bertz CT molecular complexity index is 748. The van der Waals surface area contributed by atoms with Crippen molar-refractivity contribution < 1.29 is 9.59 Å². The van der Waals surface area contributed by atoms with E-state index in [2.05, 4.69) is 15.8 Å². The molecule has 1 aliphatic heterocycles. The molecule has 0 spiro atoms. The van der Waals surface area contributed by atoms with Crippen molar-refractivity contribution in [2.24, 2.45) is 11.0 Å². The van der Waals surface area contributed by atoms with Gasteiger partial charge in [-0.05, 0) is 37.5 Å². The average Bonchev–Trinajstić information content (AvgIpc) is 3.11. The summed E-state index contributed by atoms with van der Waals surface area (Å²) in [5, 5.41) is 6.61. The van der Waals surface area contributed by atoms with E-state index in [1.165, 1.54) is 0 Å². The van der Waals surface area contributed by atoms with E-state index in [9.17, 15) is 9.59 Å². The van der Waals surface area contributed by atoms with Crippen molar-refractivity contribution in [3.63, 3.8) is 0 Å². The lowest BCUT2D eigenvalue weighted by atomic mass is 10.1.